The van der Waals surface area contributed by atoms with Gasteiger partial charge in [0.1, 0.15) is 0 Å². The van der Waals surface area contributed by atoms with Gasteiger partial charge in [0.05, 0.1) is 0 Å². The fourth-order valence-corrected chi connectivity index (χ4v) is 1.01. The Morgan fingerprint density at radius 3 is 2.50 bits per heavy atom. The van der Waals surface area contributed by atoms with Crippen LogP contribution in [0.5, 0.6) is 0 Å². The summed E-state index contributed by atoms with van der Waals surface area (Å²) in [7, 11) is 0. The van der Waals surface area contributed by atoms with Gasteiger partial charge in [-0.2, -0.15) is 0 Å². The number of rotatable bonds is 8. The maximum Gasteiger partial charge on any atom is 0.217 e. The Kier molecular flexibility index (Phi) is 8.12. The van der Waals surface area contributed by atoms with Gasteiger partial charge in [0.15, 0.2) is 0 Å². The molecule has 0 saturated carbocycles. The van der Waals surface area contributed by atoms with Crippen molar-refractivity contribution in [1.29, 1.82) is 0 Å². The summed E-state index contributed by atoms with van der Waals surface area (Å²) in [6.45, 7) is 4.16. The van der Waals surface area contributed by atoms with Crippen LogP contribution >= 0.6 is 0 Å². The molecule has 0 aliphatic heterocycles. The Bertz CT molecular complexity index is 115. The second-order valence-corrected chi connectivity index (χ2v) is 3.03. The third kappa shape index (κ3) is 9.43. The summed E-state index contributed by atoms with van der Waals surface area (Å²) in [4.78, 5) is 10.3. The summed E-state index contributed by atoms with van der Waals surface area (Å²) < 4.78 is 0. The van der Waals surface area contributed by atoms with E-state index in [1.165, 1.54) is 19.3 Å². The van der Waals surface area contributed by atoms with Gasteiger partial charge in [-0.25, -0.2) is 0 Å². The predicted octanol–water partition coefficient (Wildman–Crippen LogP) is 1.03. The van der Waals surface area contributed by atoms with Crippen molar-refractivity contribution in [3.8, 4) is 0 Å². The Labute approximate surface area is 74.7 Å². The van der Waals surface area contributed by atoms with Gasteiger partial charge in [-0.15, -0.1) is 0 Å². The summed E-state index contributed by atoms with van der Waals surface area (Å²) in [5.41, 5.74) is 4.99. The lowest BCUT2D eigenvalue weighted by molar-refractivity contribution is -0.118. The number of carbonyl (C=O) groups is 1. The highest BCUT2D eigenvalue weighted by Gasteiger charge is 1.92. The molecule has 0 fully saturated rings. The van der Waals surface area contributed by atoms with E-state index in [-0.39, 0.29) is 5.91 Å². The average Bonchev–Trinajstić information content (AvgIpc) is 2.02. The van der Waals surface area contributed by atoms with Crippen LogP contribution in [0, 0.1) is 0 Å². The van der Waals surface area contributed by atoms with Crippen molar-refractivity contribution in [1.82, 2.24) is 5.32 Å². The molecule has 0 aliphatic carbocycles. The van der Waals surface area contributed by atoms with Gasteiger partial charge in [-0.1, -0.05) is 19.8 Å². The van der Waals surface area contributed by atoms with E-state index in [0.717, 1.165) is 19.5 Å². The Hall–Kier alpha value is -0.570. The Morgan fingerprint density at radius 2 is 1.92 bits per heavy atom. The van der Waals surface area contributed by atoms with Crippen molar-refractivity contribution in [2.45, 2.75) is 39.0 Å². The van der Waals surface area contributed by atoms with Crippen LogP contribution in [-0.4, -0.2) is 19.0 Å². The fraction of sp³-hybridized carbons (Fsp3) is 0.889. The number of unbranched alkanes of at least 4 members (excludes halogenated alkanes) is 2. The van der Waals surface area contributed by atoms with Gasteiger partial charge in [-0.05, 0) is 25.9 Å². The molecule has 0 spiro atoms. The molecule has 0 aromatic rings. The first-order valence-electron chi connectivity index (χ1n) is 4.76. The quantitative estimate of drug-likeness (QED) is 0.537. The molecule has 0 aromatic carbocycles. The number of primary amides is 1. The molecular formula is C9H20N2O. The summed E-state index contributed by atoms with van der Waals surface area (Å²) in [6, 6.07) is 0. The molecule has 3 heteroatoms. The number of nitrogens with one attached hydrogen (secondary N) is 1. The molecule has 0 radical (unpaired) electrons. The van der Waals surface area contributed by atoms with Crippen LogP contribution in [0.4, 0.5) is 0 Å². The maximum atomic E-state index is 10.3. The highest BCUT2D eigenvalue weighted by atomic mass is 16.1. The lowest BCUT2D eigenvalue weighted by Crippen LogP contribution is -2.19. The van der Waals surface area contributed by atoms with Gasteiger partial charge in [0.2, 0.25) is 5.91 Å². The predicted molar refractivity (Wildman–Crippen MR) is 50.8 cm³/mol. The van der Waals surface area contributed by atoms with Crippen LogP contribution < -0.4 is 11.1 Å². The third-order valence-corrected chi connectivity index (χ3v) is 1.73. The van der Waals surface area contributed by atoms with Crippen LogP contribution in [-0.2, 0) is 4.79 Å². The summed E-state index contributed by atoms with van der Waals surface area (Å²) in [5, 5.41) is 3.27. The smallest absolute Gasteiger partial charge is 0.217 e. The molecule has 3 N–H and O–H groups in total. The number of hydrogen-bond donors (Lipinski definition) is 2. The SMILES string of the molecule is CCCCCNCCCC(N)=O. The average molecular weight is 172 g/mol. The van der Waals surface area contributed by atoms with E-state index in [9.17, 15) is 4.79 Å². The molecule has 1 amide bonds. The minimum atomic E-state index is -0.203. The zero-order valence-electron chi connectivity index (χ0n) is 7.94. The molecule has 0 heterocycles. The zero-order valence-corrected chi connectivity index (χ0v) is 7.94. The van der Waals surface area contributed by atoms with Gasteiger partial charge in [-0.3, -0.25) is 4.79 Å². The molecule has 72 valence electrons. The number of carbonyl (C=O) groups excluding carboxylic acids is 1. The first kappa shape index (κ1) is 11.4. The van der Waals surface area contributed by atoms with Crippen LogP contribution in [0.25, 0.3) is 0 Å². The number of nitrogens with two attached hydrogens (primary N) is 1. The second-order valence-electron chi connectivity index (χ2n) is 3.03. The van der Waals surface area contributed by atoms with Crippen molar-refractivity contribution >= 4 is 5.91 Å². The molecule has 0 aliphatic rings. The molecule has 3 nitrogen and oxygen atoms in total. The lowest BCUT2D eigenvalue weighted by Gasteiger charge is -2.01. The highest BCUT2D eigenvalue weighted by molar-refractivity contribution is 5.73. The van der Waals surface area contributed by atoms with E-state index in [0.29, 0.717) is 6.42 Å². The van der Waals surface area contributed by atoms with E-state index in [1.54, 1.807) is 0 Å². The van der Waals surface area contributed by atoms with Gasteiger partial charge in [0.25, 0.3) is 0 Å². The van der Waals surface area contributed by atoms with E-state index in [2.05, 4.69) is 12.2 Å². The van der Waals surface area contributed by atoms with Crippen LogP contribution in [0.1, 0.15) is 39.0 Å². The topological polar surface area (TPSA) is 55.1 Å². The van der Waals surface area contributed by atoms with Gasteiger partial charge in [0, 0.05) is 6.42 Å². The van der Waals surface area contributed by atoms with E-state index in [4.69, 9.17) is 5.73 Å². The van der Waals surface area contributed by atoms with Crippen molar-refractivity contribution in [2.75, 3.05) is 13.1 Å². The molecule has 0 unspecified atom stereocenters. The minimum absolute atomic E-state index is 0.203. The standard InChI is InChI=1S/C9H20N2O/c1-2-3-4-7-11-8-5-6-9(10)12/h11H,2-8H2,1H3,(H2,10,12). The van der Waals surface area contributed by atoms with Crippen LogP contribution in [0.15, 0.2) is 0 Å². The third-order valence-electron chi connectivity index (χ3n) is 1.73. The van der Waals surface area contributed by atoms with Crippen LogP contribution in [0.3, 0.4) is 0 Å². The second kappa shape index (κ2) is 8.53. The Morgan fingerprint density at radius 1 is 1.25 bits per heavy atom. The lowest BCUT2D eigenvalue weighted by atomic mass is 10.2. The molecular weight excluding hydrogens is 152 g/mol. The molecule has 0 atom stereocenters. The number of amides is 1. The van der Waals surface area contributed by atoms with Crippen molar-refractivity contribution in [3.05, 3.63) is 0 Å². The van der Waals surface area contributed by atoms with E-state index >= 15 is 0 Å². The monoisotopic (exact) mass is 172 g/mol. The van der Waals surface area contributed by atoms with E-state index < -0.39 is 0 Å². The molecule has 0 rings (SSSR count). The largest absolute Gasteiger partial charge is 0.370 e. The summed E-state index contributed by atoms with van der Waals surface area (Å²) >= 11 is 0. The minimum Gasteiger partial charge on any atom is -0.370 e. The highest BCUT2D eigenvalue weighted by Crippen LogP contribution is 1.91. The Balaban J connectivity index is 2.86. The molecule has 12 heavy (non-hydrogen) atoms. The summed E-state index contributed by atoms with van der Waals surface area (Å²) in [6.07, 6.45) is 5.13. The van der Waals surface area contributed by atoms with E-state index in [1.807, 2.05) is 0 Å². The first-order valence-corrected chi connectivity index (χ1v) is 4.76. The van der Waals surface area contributed by atoms with Crippen molar-refractivity contribution < 1.29 is 4.79 Å². The van der Waals surface area contributed by atoms with Crippen LogP contribution in [0.2, 0.25) is 0 Å². The molecule has 0 saturated heterocycles. The van der Waals surface area contributed by atoms with Gasteiger partial charge >= 0.3 is 0 Å². The van der Waals surface area contributed by atoms with Crippen molar-refractivity contribution in [3.63, 3.8) is 0 Å². The maximum absolute atomic E-state index is 10.3. The zero-order chi connectivity index (χ0) is 9.23. The van der Waals surface area contributed by atoms with Gasteiger partial charge < -0.3 is 11.1 Å². The first-order chi connectivity index (χ1) is 5.77. The fourth-order valence-electron chi connectivity index (χ4n) is 1.01. The molecule has 0 aromatic heterocycles. The van der Waals surface area contributed by atoms with Crippen molar-refractivity contribution in [2.24, 2.45) is 5.73 Å². The number of hydrogen-bond acceptors (Lipinski definition) is 2. The molecule has 0 bridgehead atoms. The summed E-state index contributed by atoms with van der Waals surface area (Å²) in [5.74, 6) is -0.203. The normalized spacial score (nSPS) is 10.1.